The lowest BCUT2D eigenvalue weighted by atomic mass is 9.92. The van der Waals surface area contributed by atoms with Crippen molar-refractivity contribution >= 4 is 11.8 Å². The molecule has 0 aromatic heterocycles. The first-order valence-electron chi connectivity index (χ1n) is 5.72. The molecule has 16 heavy (non-hydrogen) atoms. The van der Waals surface area contributed by atoms with E-state index in [9.17, 15) is 0 Å². The number of methoxy groups -OCH3 is 1. The largest absolute Gasteiger partial charge is 0.496 e. The molecule has 1 aliphatic rings. The number of aryl methyl sites for hydroxylation is 1. The van der Waals surface area contributed by atoms with Crippen molar-refractivity contribution in [1.29, 1.82) is 0 Å². The molecule has 0 amide bonds. The summed E-state index contributed by atoms with van der Waals surface area (Å²) in [6.07, 6.45) is 1.13. The summed E-state index contributed by atoms with van der Waals surface area (Å²) in [5, 5.41) is 0.540. The fourth-order valence-electron chi connectivity index (χ4n) is 2.42. The summed E-state index contributed by atoms with van der Waals surface area (Å²) >= 11 is 1.95. The van der Waals surface area contributed by atoms with Crippen molar-refractivity contribution in [2.75, 3.05) is 7.11 Å². The highest BCUT2D eigenvalue weighted by molar-refractivity contribution is 7.99. The second kappa shape index (κ2) is 4.68. The van der Waals surface area contributed by atoms with Gasteiger partial charge in [0.05, 0.1) is 7.11 Å². The van der Waals surface area contributed by atoms with E-state index in [0.717, 1.165) is 17.9 Å². The molecule has 1 heterocycles. The molecule has 1 aromatic rings. The molecule has 88 valence electrons. The van der Waals surface area contributed by atoms with Crippen LogP contribution >= 0.6 is 11.8 Å². The molecule has 2 N–H and O–H groups in total. The molecule has 2 rings (SSSR count). The van der Waals surface area contributed by atoms with Crippen molar-refractivity contribution in [1.82, 2.24) is 0 Å². The predicted octanol–water partition coefficient (Wildman–Crippen LogP) is 3.03. The number of rotatable bonds is 2. The maximum absolute atomic E-state index is 6.35. The molecule has 0 saturated carbocycles. The van der Waals surface area contributed by atoms with Crippen molar-refractivity contribution in [2.45, 2.75) is 37.3 Å². The summed E-state index contributed by atoms with van der Waals surface area (Å²) in [7, 11) is 1.73. The molecular weight excluding hydrogens is 218 g/mol. The van der Waals surface area contributed by atoms with Gasteiger partial charge in [-0.15, -0.1) is 0 Å². The number of fused-ring (bicyclic) bond motifs is 1. The van der Waals surface area contributed by atoms with Gasteiger partial charge >= 0.3 is 0 Å². The van der Waals surface area contributed by atoms with E-state index in [1.165, 1.54) is 16.7 Å². The first-order valence-corrected chi connectivity index (χ1v) is 6.77. The normalized spacial score (nSPS) is 24.0. The monoisotopic (exact) mass is 237 g/mol. The minimum Gasteiger partial charge on any atom is -0.496 e. The Morgan fingerprint density at radius 2 is 2.25 bits per heavy atom. The van der Waals surface area contributed by atoms with E-state index in [1.54, 1.807) is 7.11 Å². The minimum atomic E-state index is 0.147. The van der Waals surface area contributed by atoms with E-state index in [-0.39, 0.29) is 6.04 Å². The van der Waals surface area contributed by atoms with Gasteiger partial charge in [0.2, 0.25) is 0 Å². The minimum absolute atomic E-state index is 0.147. The van der Waals surface area contributed by atoms with Crippen LogP contribution < -0.4 is 10.5 Å². The number of hydrogen-bond acceptors (Lipinski definition) is 3. The van der Waals surface area contributed by atoms with Gasteiger partial charge in [0.25, 0.3) is 0 Å². The third kappa shape index (κ3) is 1.82. The zero-order valence-corrected chi connectivity index (χ0v) is 10.9. The van der Waals surface area contributed by atoms with Gasteiger partial charge in [0.1, 0.15) is 5.75 Å². The number of hydrogen-bond donors (Lipinski definition) is 1. The molecule has 0 aliphatic carbocycles. The fraction of sp³-hybridized carbons (Fsp3) is 0.538. The van der Waals surface area contributed by atoms with Crippen LogP contribution in [0.15, 0.2) is 12.1 Å². The molecule has 0 radical (unpaired) electrons. The summed E-state index contributed by atoms with van der Waals surface area (Å²) in [5.41, 5.74) is 10.2. The maximum atomic E-state index is 6.35. The summed E-state index contributed by atoms with van der Waals surface area (Å²) in [6.45, 7) is 4.35. The van der Waals surface area contributed by atoms with Gasteiger partial charge < -0.3 is 10.5 Å². The SMILES string of the molecule is CCC1SCc2c(OC)ccc(C)c2C1N. The highest BCUT2D eigenvalue weighted by Gasteiger charge is 2.29. The van der Waals surface area contributed by atoms with Gasteiger partial charge in [-0.2, -0.15) is 11.8 Å². The van der Waals surface area contributed by atoms with E-state index in [2.05, 4.69) is 19.9 Å². The molecule has 2 unspecified atom stereocenters. The molecule has 0 bridgehead atoms. The average Bonchev–Trinajstić information content (AvgIpc) is 2.30. The summed E-state index contributed by atoms with van der Waals surface area (Å²) < 4.78 is 5.42. The third-order valence-electron chi connectivity index (χ3n) is 3.33. The smallest absolute Gasteiger partial charge is 0.123 e. The molecule has 0 fully saturated rings. The van der Waals surface area contributed by atoms with E-state index in [1.807, 2.05) is 17.8 Å². The lowest BCUT2D eigenvalue weighted by Crippen LogP contribution is -2.29. The Hall–Kier alpha value is -0.670. The van der Waals surface area contributed by atoms with Crippen molar-refractivity contribution in [3.8, 4) is 5.75 Å². The molecule has 0 saturated heterocycles. The second-order valence-electron chi connectivity index (χ2n) is 4.26. The Labute approximate surface area is 102 Å². The topological polar surface area (TPSA) is 35.2 Å². The Balaban J connectivity index is 2.50. The van der Waals surface area contributed by atoms with Crippen LogP contribution in [0.5, 0.6) is 5.75 Å². The summed E-state index contributed by atoms with van der Waals surface area (Å²) in [5.74, 6) is 2.00. The fourth-order valence-corrected chi connectivity index (χ4v) is 3.68. The Kier molecular flexibility index (Phi) is 3.45. The Bertz CT molecular complexity index is 392. The molecule has 3 heteroatoms. The third-order valence-corrected chi connectivity index (χ3v) is 4.84. The van der Waals surface area contributed by atoms with Crippen molar-refractivity contribution < 1.29 is 4.74 Å². The lowest BCUT2D eigenvalue weighted by Gasteiger charge is -2.32. The van der Waals surface area contributed by atoms with Crippen molar-refractivity contribution in [3.63, 3.8) is 0 Å². The predicted molar refractivity (Wildman–Crippen MR) is 70.0 cm³/mol. The van der Waals surface area contributed by atoms with Crippen LogP contribution in [0.2, 0.25) is 0 Å². The van der Waals surface area contributed by atoms with E-state index in [4.69, 9.17) is 10.5 Å². The number of thioether (sulfide) groups is 1. The van der Waals surface area contributed by atoms with Crippen LogP contribution in [0.4, 0.5) is 0 Å². The van der Waals surface area contributed by atoms with E-state index in [0.29, 0.717) is 5.25 Å². The van der Waals surface area contributed by atoms with Gasteiger partial charge in [-0.05, 0) is 30.5 Å². The van der Waals surface area contributed by atoms with Crippen LogP contribution in [0.1, 0.15) is 36.1 Å². The van der Waals surface area contributed by atoms with Crippen molar-refractivity contribution in [2.24, 2.45) is 5.73 Å². The quantitative estimate of drug-likeness (QED) is 0.858. The molecule has 1 aromatic carbocycles. The van der Waals surface area contributed by atoms with Gasteiger partial charge in [-0.1, -0.05) is 13.0 Å². The zero-order valence-electron chi connectivity index (χ0n) is 10.1. The lowest BCUT2D eigenvalue weighted by molar-refractivity contribution is 0.409. The highest BCUT2D eigenvalue weighted by atomic mass is 32.2. The number of benzene rings is 1. The van der Waals surface area contributed by atoms with E-state index >= 15 is 0 Å². The van der Waals surface area contributed by atoms with Crippen LogP contribution in [-0.4, -0.2) is 12.4 Å². The maximum Gasteiger partial charge on any atom is 0.123 e. The molecular formula is C13H19NOS. The first kappa shape index (κ1) is 11.8. The van der Waals surface area contributed by atoms with Gasteiger partial charge in [0, 0.05) is 22.6 Å². The van der Waals surface area contributed by atoms with Crippen LogP contribution in [0.3, 0.4) is 0 Å². The van der Waals surface area contributed by atoms with E-state index < -0.39 is 0 Å². The molecule has 1 aliphatic heterocycles. The summed E-state index contributed by atoms with van der Waals surface area (Å²) in [4.78, 5) is 0. The van der Waals surface area contributed by atoms with Crippen molar-refractivity contribution in [3.05, 3.63) is 28.8 Å². The van der Waals surface area contributed by atoms with Crippen LogP contribution in [-0.2, 0) is 5.75 Å². The average molecular weight is 237 g/mol. The number of nitrogens with two attached hydrogens (primary N) is 1. The molecule has 2 nitrogen and oxygen atoms in total. The molecule has 0 spiro atoms. The summed E-state index contributed by atoms with van der Waals surface area (Å²) in [6, 6.07) is 4.31. The van der Waals surface area contributed by atoms with Gasteiger partial charge in [-0.3, -0.25) is 0 Å². The highest BCUT2D eigenvalue weighted by Crippen LogP contribution is 2.42. The zero-order chi connectivity index (χ0) is 11.7. The standard InChI is InChI=1S/C13H19NOS/c1-4-11-13(14)12-8(2)5-6-10(15-3)9(12)7-16-11/h5-6,11,13H,4,7,14H2,1-3H3. The molecule has 2 atom stereocenters. The van der Waals surface area contributed by atoms with Crippen LogP contribution in [0.25, 0.3) is 0 Å². The van der Waals surface area contributed by atoms with Gasteiger partial charge in [0.15, 0.2) is 0 Å². The second-order valence-corrected chi connectivity index (χ2v) is 5.49. The van der Waals surface area contributed by atoms with Gasteiger partial charge in [-0.25, -0.2) is 0 Å². The van der Waals surface area contributed by atoms with Crippen LogP contribution in [0, 0.1) is 6.92 Å². The Morgan fingerprint density at radius 1 is 1.50 bits per heavy atom. The Morgan fingerprint density at radius 3 is 2.88 bits per heavy atom. The first-order chi connectivity index (χ1) is 7.69. The number of ether oxygens (including phenoxy) is 1.